The van der Waals surface area contributed by atoms with Gasteiger partial charge in [-0.05, 0) is 25.3 Å². The number of rotatable bonds is 3. The Morgan fingerprint density at radius 2 is 2.14 bits per heavy atom. The second kappa shape index (κ2) is 6.66. The van der Waals surface area contributed by atoms with Gasteiger partial charge in [0.25, 0.3) is 5.91 Å². The highest BCUT2D eigenvalue weighted by Crippen LogP contribution is 2.22. The largest absolute Gasteiger partial charge is 0.473 e. The van der Waals surface area contributed by atoms with Gasteiger partial charge >= 0.3 is 0 Å². The molecule has 0 aliphatic carbocycles. The first-order valence-electron chi connectivity index (χ1n) is 7.40. The summed E-state index contributed by atoms with van der Waals surface area (Å²) in [6, 6.07) is 3.64. The molecule has 0 radical (unpaired) electrons. The average Bonchev–Trinajstić information content (AvgIpc) is 3.01. The highest BCUT2D eigenvalue weighted by molar-refractivity contribution is 7.99. The molecule has 2 aliphatic heterocycles. The number of ether oxygens (including phenoxy) is 1. The van der Waals surface area contributed by atoms with E-state index in [0.29, 0.717) is 11.4 Å². The summed E-state index contributed by atoms with van der Waals surface area (Å²) in [5.74, 6) is 2.88. The lowest BCUT2D eigenvalue weighted by Crippen LogP contribution is -2.47. The molecule has 0 spiro atoms. The number of thioether (sulfide) groups is 1. The number of carbonyl (C=O) groups excluding carboxylic acids is 1. The molecule has 1 aromatic heterocycles. The smallest absolute Gasteiger partial charge is 0.255 e. The van der Waals surface area contributed by atoms with E-state index in [4.69, 9.17) is 4.74 Å². The highest BCUT2D eigenvalue weighted by Gasteiger charge is 2.21. The molecule has 2 aliphatic rings. The topological polar surface area (TPSA) is 45.7 Å². The lowest BCUT2D eigenvalue weighted by molar-refractivity contribution is 0.0663. The van der Waals surface area contributed by atoms with Gasteiger partial charge in [0.2, 0.25) is 5.88 Å². The summed E-state index contributed by atoms with van der Waals surface area (Å²) in [7, 11) is 2.08. The summed E-state index contributed by atoms with van der Waals surface area (Å²) in [5, 5.41) is 0. The molecule has 1 aromatic rings. The molecule has 0 aromatic carbocycles. The molecule has 1 amide bonds. The van der Waals surface area contributed by atoms with Crippen LogP contribution in [-0.2, 0) is 0 Å². The van der Waals surface area contributed by atoms with Crippen LogP contribution < -0.4 is 4.74 Å². The fraction of sp³-hybridized carbons (Fsp3) is 0.600. The minimum atomic E-state index is 0.0681. The fourth-order valence-electron chi connectivity index (χ4n) is 2.55. The number of pyridine rings is 1. The monoisotopic (exact) mass is 307 g/mol. The van der Waals surface area contributed by atoms with Crippen molar-refractivity contribution in [3.05, 3.63) is 23.9 Å². The van der Waals surface area contributed by atoms with Gasteiger partial charge in [0.1, 0.15) is 6.10 Å². The van der Waals surface area contributed by atoms with Crippen molar-refractivity contribution in [2.24, 2.45) is 0 Å². The van der Waals surface area contributed by atoms with E-state index in [2.05, 4.69) is 16.9 Å². The number of nitrogens with zero attached hydrogens (tertiary/aromatic N) is 3. The lowest BCUT2D eigenvalue weighted by atomic mass is 10.2. The van der Waals surface area contributed by atoms with Crippen LogP contribution in [0.5, 0.6) is 5.88 Å². The lowest BCUT2D eigenvalue weighted by Gasteiger charge is -2.32. The first-order chi connectivity index (χ1) is 10.2. The molecule has 6 heteroatoms. The summed E-state index contributed by atoms with van der Waals surface area (Å²) >= 11 is 1.91. The van der Waals surface area contributed by atoms with E-state index >= 15 is 0 Å². The maximum atomic E-state index is 12.4. The van der Waals surface area contributed by atoms with E-state index in [1.165, 1.54) is 0 Å². The van der Waals surface area contributed by atoms with Crippen molar-refractivity contribution in [2.45, 2.75) is 12.5 Å². The first kappa shape index (κ1) is 14.7. The molecule has 3 rings (SSSR count). The van der Waals surface area contributed by atoms with Crippen molar-refractivity contribution in [1.29, 1.82) is 0 Å². The van der Waals surface area contributed by atoms with E-state index in [1.807, 2.05) is 28.8 Å². The van der Waals surface area contributed by atoms with Gasteiger partial charge in [-0.25, -0.2) is 4.98 Å². The maximum absolute atomic E-state index is 12.4. The Balaban J connectivity index is 1.59. The normalized spacial score (nSPS) is 23.3. The minimum absolute atomic E-state index is 0.0681. The van der Waals surface area contributed by atoms with Gasteiger partial charge in [-0.1, -0.05) is 0 Å². The Hall–Kier alpha value is -1.27. The van der Waals surface area contributed by atoms with E-state index in [0.717, 1.165) is 44.1 Å². The third-order valence-corrected chi connectivity index (χ3v) is 5.08. The number of likely N-dealkylation sites (N-methyl/N-ethyl adjacent to an activating group) is 1. The fourth-order valence-corrected chi connectivity index (χ4v) is 3.64. The van der Waals surface area contributed by atoms with Crippen LogP contribution in [0.1, 0.15) is 16.8 Å². The number of piperazine rings is 1. The number of hydrogen-bond acceptors (Lipinski definition) is 5. The summed E-state index contributed by atoms with van der Waals surface area (Å²) in [6.07, 6.45) is 2.98. The quantitative estimate of drug-likeness (QED) is 0.843. The van der Waals surface area contributed by atoms with Gasteiger partial charge in [-0.2, -0.15) is 11.8 Å². The van der Waals surface area contributed by atoms with Gasteiger partial charge in [-0.15, -0.1) is 0 Å². The van der Waals surface area contributed by atoms with E-state index < -0.39 is 0 Å². The Labute approximate surface area is 129 Å². The molecular formula is C15H21N3O2S. The van der Waals surface area contributed by atoms with Crippen molar-refractivity contribution in [2.75, 3.05) is 44.7 Å². The zero-order valence-electron chi connectivity index (χ0n) is 12.3. The Kier molecular flexibility index (Phi) is 4.65. The van der Waals surface area contributed by atoms with Crippen LogP contribution in [0.3, 0.4) is 0 Å². The Morgan fingerprint density at radius 3 is 2.76 bits per heavy atom. The van der Waals surface area contributed by atoms with E-state index in [-0.39, 0.29) is 12.0 Å². The number of aromatic nitrogens is 1. The average molecular weight is 307 g/mol. The second-order valence-corrected chi connectivity index (χ2v) is 6.73. The van der Waals surface area contributed by atoms with Gasteiger partial charge in [0.05, 0.1) is 5.56 Å². The molecule has 114 valence electrons. The van der Waals surface area contributed by atoms with Crippen LogP contribution in [0.15, 0.2) is 18.3 Å². The Morgan fingerprint density at radius 1 is 1.33 bits per heavy atom. The van der Waals surface area contributed by atoms with Crippen molar-refractivity contribution in [3.63, 3.8) is 0 Å². The van der Waals surface area contributed by atoms with E-state index in [1.54, 1.807) is 6.20 Å². The summed E-state index contributed by atoms with van der Waals surface area (Å²) in [4.78, 5) is 20.8. The predicted molar refractivity (Wildman–Crippen MR) is 84.0 cm³/mol. The van der Waals surface area contributed by atoms with Gasteiger partial charge < -0.3 is 14.5 Å². The summed E-state index contributed by atoms with van der Waals surface area (Å²) in [6.45, 7) is 3.43. The molecular weight excluding hydrogens is 286 g/mol. The number of amides is 1. The standard InChI is InChI=1S/C15H21N3O2S/c1-17-5-7-18(8-6-17)15(19)12-2-3-14(16-10-12)20-13-4-9-21-11-13/h2-3,10,13H,4-9,11H2,1H3. The molecule has 1 atom stereocenters. The third kappa shape index (κ3) is 3.68. The first-order valence-corrected chi connectivity index (χ1v) is 8.56. The summed E-state index contributed by atoms with van der Waals surface area (Å²) < 4.78 is 5.81. The maximum Gasteiger partial charge on any atom is 0.255 e. The molecule has 0 N–H and O–H groups in total. The third-order valence-electron chi connectivity index (χ3n) is 3.95. The highest BCUT2D eigenvalue weighted by atomic mass is 32.2. The zero-order valence-corrected chi connectivity index (χ0v) is 13.1. The summed E-state index contributed by atoms with van der Waals surface area (Å²) in [5.41, 5.74) is 0.646. The molecule has 21 heavy (non-hydrogen) atoms. The molecule has 3 heterocycles. The van der Waals surface area contributed by atoms with E-state index in [9.17, 15) is 4.79 Å². The Bertz CT molecular complexity index is 480. The molecule has 2 saturated heterocycles. The molecule has 2 fully saturated rings. The molecule has 0 saturated carbocycles. The van der Waals surface area contributed by atoms with Crippen LogP contribution in [0, 0.1) is 0 Å². The van der Waals surface area contributed by atoms with Crippen LogP contribution >= 0.6 is 11.8 Å². The number of hydrogen-bond donors (Lipinski definition) is 0. The van der Waals surface area contributed by atoms with Crippen molar-refractivity contribution in [1.82, 2.24) is 14.8 Å². The van der Waals surface area contributed by atoms with Gasteiger partial charge in [0.15, 0.2) is 0 Å². The van der Waals surface area contributed by atoms with Crippen molar-refractivity contribution in [3.8, 4) is 5.88 Å². The van der Waals surface area contributed by atoms with Crippen LogP contribution in [-0.4, -0.2) is 71.5 Å². The van der Waals surface area contributed by atoms with Crippen molar-refractivity contribution >= 4 is 17.7 Å². The SMILES string of the molecule is CN1CCN(C(=O)c2ccc(OC3CCSC3)nc2)CC1. The molecule has 1 unspecified atom stereocenters. The second-order valence-electron chi connectivity index (χ2n) is 5.58. The predicted octanol–water partition coefficient (Wildman–Crippen LogP) is 1.35. The number of carbonyl (C=O) groups is 1. The van der Waals surface area contributed by atoms with Gasteiger partial charge in [0, 0.05) is 44.2 Å². The van der Waals surface area contributed by atoms with Crippen molar-refractivity contribution < 1.29 is 9.53 Å². The van der Waals surface area contributed by atoms with Crippen LogP contribution in [0.25, 0.3) is 0 Å². The zero-order chi connectivity index (χ0) is 14.7. The van der Waals surface area contributed by atoms with Crippen LogP contribution in [0.2, 0.25) is 0 Å². The van der Waals surface area contributed by atoms with Gasteiger partial charge in [-0.3, -0.25) is 4.79 Å². The molecule has 0 bridgehead atoms. The molecule has 5 nitrogen and oxygen atoms in total. The van der Waals surface area contributed by atoms with Crippen LogP contribution in [0.4, 0.5) is 0 Å². The minimum Gasteiger partial charge on any atom is -0.473 e.